The van der Waals surface area contributed by atoms with E-state index < -0.39 is 0 Å². The first-order chi connectivity index (χ1) is 9.14. The molecule has 0 bridgehead atoms. The van der Waals surface area contributed by atoms with Crippen LogP contribution in [0.25, 0.3) is 0 Å². The summed E-state index contributed by atoms with van der Waals surface area (Å²) < 4.78 is 0. The van der Waals surface area contributed by atoms with Crippen molar-refractivity contribution in [2.45, 2.75) is 46.0 Å². The first-order valence-electron chi connectivity index (χ1n) is 7.40. The summed E-state index contributed by atoms with van der Waals surface area (Å²) in [5, 5.41) is 8.98. The molecule has 3 N–H and O–H groups in total. The molecule has 0 radical (unpaired) electrons. The van der Waals surface area contributed by atoms with Gasteiger partial charge in [0.1, 0.15) is 0 Å². The second-order valence-corrected chi connectivity index (χ2v) is 5.27. The normalized spacial score (nSPS) is 22.8. The molecule has 5 nitrogen and oxygen atoms in total. The number of rotatable bonds is 7. The molecule has 1 unspecified atom stereocenters. The van der Waals surface area contributed by atoms with Crippen molar-refractivity contribution in [3.63, 3.8) is 0 Å². The fourth-order valence-electron chi connectivity index (χ4n) is 2.73. The van der Waals surface area contributed by atoms with Crippen LogP contribution in [0.2, 0.25) is 0 Å². The van der Waals surface area contributed by atoms with Gasteiger partial charge in [0.25, 0.3) is 0 Å². The van der Waals surface area contributed by atoms with E-state index in [2.05, 4.69) is 22.9 Å². The number of carbonyl (C=O) groups excluding carboxylic acids is 2. The van der Waals surface area contributed by atoms with E-state index in [1.807, 2.05) is 6.92 Å². The maximum atomic E-state index is 12.4. The number of hydrogen-bond acceptors (Lipinski definition) is 3. The molecule has 0 aromatic carbocycles. The third-order valence-electron chi connectivity index (χ3n) is 3.69. The smallest absolute Gasteiger partial charge is 0.227 e. The lowest BCUT2D eigenvalue weighted by atomic mass is 9.76. The maximum Gasteiger partial charge on any atom is 0.227 e. The summed E-state index contributed by atoms with van der Waals surface area (Å²) in [6, 6.07) is 0. The van der Waals surface area contributed by atoms with Crippen LogP contribution in [-0.4, -0.2) is 38.0 Å². The van der Waals surface area contributed by atoms with Gasteiger partial charge in [0.2, 0.25) is 11.8 Å². The molecule has 5 heteroatoms. The Balaban J connectivity index is 2.42. The Morgan fingerprint density at radius 2 is 2.05 bits per heavy atom. The van der Waals surface area contributed by atoms with Crippen LogP contribution in [0.1, 0.15) is 46.0 Å². The molecule has 0 aliphatic carbocycles. The fraction of sp³-hybridized carbons (Fsp3) is 0.857. The van der Waals surface area contributed by atoms with Crippen molar-refractivity contribution in [2.24, 2.45) is 5.41 Å². The van der Waals surface area contributed by atoms with Gasteiger partial charge in [-0.3, -0.25) is 9.59 Å². The van der Waals surface area contributed by atoms with Gasteiger partial charge in [0, 0.05) is 26.1 Å². The standard InChI is InChI=1S/C14H27N3O2/c1-3-7-14(8-5-9-15-11-14)13(19)17-10-6-12(18)16-4-2/h15H,3-11H2,1-2H3,(H,16,18)(H,17,19). The summed E-state index contributed by atoms with van der Waals surface area (Å²) in [5.74, 6) is 0.0972. The zero-order valence-electron chi connectivity index (χ0n) is 12.2. The molecule has 1 atom stereocenters. The molecule has 0 spiro atoms. The van der Waals surface area contributed by atoms with Crippen LogP contribution in [0.5, 0.6) is 0 Å². The lowest BCUT2D eigenvalue weighted by Crippen LogP contribution is -2.50. The molecule has 0 aromatic rings. The summed E-state index contributed by atoms with van der Waals surface area (Å²) >= 11 is 0. The van der Waals surface area contributed by atoms with Crippen LogP contribution in [0.3, 0.4) is 0 Å². The van der Waals surface area contributed by atoms with Crippen LogP contribution in [0.15, 0.2) is 0 Å². The van der Waals surface area contributed by atoms with Gasteiger partial charge in [-0.1, -0.05) is 13.3 Å². The minimum absolute atomic E-state index is 0.00545. The van der Waals surface area contributed by atoms with Crippen molar-refractivity contribution in [1.29, 1.82) is 0 Å². The zero-order chi connectivity index (χ0) is 14.1. The molecule has 1 aliphatic rings. The third-order valence-corrected chi connectivity index (χ3v) is 3.69. The highest BCUT2D eigenvalue weighted by molar-refractivity contribution is 5.84. The molecule has 1 rings (SSSR count). The largest absolute Gasteiger partial charge is 0.356 e. The van der Waals surface area contributed by atoms with E-state index in [9.17, 15) is 9.59 Å². The number of hydrogen-bond donors (Lipinski definition) is 3. The molecule has 1 aliphatic heterocycles. The van der Waals surface area contributed by atoms with Crippen molar-refractivity contribution in [1.82, 2.24) is 16.0 Å². The molecule has 1 saturated heterocycles. The van der Waals surface area contributed by atoms with Gasteiger partial charge in [0.05, 0.1) is 5.41 Å². The minimum Gasteiger partial charge on any atom is -0.356 e. The second kappa shape index (κ2) is 8.15. The van der Waals surface area contributed by atoms with Gasteiger partial charge in [-0.05, 0) is 32.7 Å². The fourth-order valence-corrected chi connectivity index (χ4v) is 2.73. The highest BCUT2D eigenvalue weighted by atomic mass is 16.2. The summed E-state index contributed by atoms with van der Waals surface area (Å²) in [7, 11) is 0. The molecular formula is C14H27N3O2. The average molecular weight is 269 g/mol. The summed E-state index contributed by atoms with van der Waals surface area (Å²) in [6.07, 6.45) is 4.26. The van der Waals surface area contributed by atoms with E-state index >= 15 is 0 Å². The van der Waals surface area contributed by atoms with Crippen LogP contribution in [0.4, 0.5) is 0 Å². The monoisotopic (exact) mass is 269 g/mol. The van der Waals surface area contributed by atoms with Gasteiger partial charge < -0.3 is 16.0 Å². The third kappa shape index (κ3) is 4.82. The number of piperidine rings is 1. The van der Waals surface area contributed by atoms with Gasteiger partial charge in [-0.25, -0.2) is 0 Å². The van der Waals surface area contributed by atoms with E-state index in [1.165, 1.54) is 0 Å². The Kier molecular flexibility index (Phi) is 6.84. The van der Waals surface area contributed by atoms with Crippen LogP contribution in [-0.2, 0) is 9.59 Å². The topological polar surface area (TPSA) is 70.2 Å². The Bertz CT molecular complexity index is 294. The van der Waals surface area contributed by atoms with Crippen LogP contribution in [0, 0.1) is 5.41 Å². The van der Waals surface area contributed by atoms with Gasteiger partial charge in [0.15, 0.2) is 0 Å². The van der Waals surface area contributed by atoms with Gasteiger partial charge >= 0.3 is 0 Å². The number of nitrogens with one attached hydrogen (secondary N) is 3. The maximum absolute atomic E-state index is 12.4. The minimum atomic E-state index is -0.270. The molecule has 2 amide bonds. The van der Waals surface area contributed by atoms with E-state index in [0.717, 1.165) is 38.8 Å². The van der Waals surface area contributed by atoms with Crippen LogP contribution >= 0.6 is 0 Å². The highest BCUT2D eigenvalue weighted by Gasteiger charge is 2.38. The molecule has 19 heavy (non-hydrogen) atoms. The van der Waals surface area contributed by atoms with Crippen molar-refractivity contribution < 1.29 is 9.59 Å². The molecule has 1 fully saturated rings. The van der Waals surface area contributed by atoms with Crippen LogP contribution < -0.4 is 16.0 Å². The van der Waals surface area contributed by atoms with Crippen molar-refractivity contribution in [3.8, 4) is 0 Å². The Hall–Kier alpha value is -1.10. The Morgan fingerprint density at radius 3 is 2.63 bits per heavy atom. The van der Waals surface area contributed by atoms with Crippen molar-refractivity contribution in [2.75, 3.05) is 26.2 Å². The average Bonchev–Trinajstić information content (AvgIpc) is 2.40. The predicted molar refractivity (Wildman–Crippen MR) is 75.8 cm³/mol. The van der Waals surface area contributed by atoms with Crippen molar-refractivity contribution in [3.05, 3.63) is 0 Å². The Labute approximate surface area is 115 Å². The lowest BCUT2D eigenvalue weighted by molar-refractivity contribution is -0.132. The number of carbonyl (C=O) groups is 2. The molecular weight excluding hydrogens is 242 g/mol. The number of amides is 2. The van der Waals surface area contributed by atoms with Crippen molar-refractivity contribution >= 4 is 11.8 Å². The molecule has 0 aromatic heterocycles. The summed E-state index contributed by atoms with van der Waals surface area (Å²) in [6.45, 7) is 6.82. The lowest BCUT2D eigenvalue weighted by Gasteiger charge is -2.36. The SMILES string of the molecule is CCCC1(C(=O)NCCC(=O)NCC)CCCNC1. The highest BCUT2D eigenvalue weighted by Crippen LogP contribution is 2.31. The van der Waals surface area contributed by atoms with E-state index in [4.69, 9.17) is 0 Å². The molecule has 110 valence electrons. The molecule has 0 saturated carbocycles. The van der Waals surface area contributed by atoms with E-state index in [1.54, 1.807) is 0 Å². The van der Waals surface area contributed by atoms with E-state index in [-0.39, 0.29) is 17.2 Å². The summed E-state index contributed by atoms with van der Waals surface area (Å²) in [5.41, 5.74) is -0.270. The van der Waals surface area contributed by atoms with Gasteiger partial charge in [-0.2, -0.15) is 0 Å². The second-order valence-electron chi connectivity index (χ2n) is 5.27. The first kappa shape index (κ1) is 16.0. The quantitative estimate of drug-likeness (QED) is 0.640. The zero-order valence-corrected chi connectivity index (χ0v) is 12.2. The molecule has 1 heterocycles. The van der Waals surface area contributed by atoms with Gasteiger partial charge in [-0.15, -0.1) is 0 Å². The summed E-state index contributed by atoms with van der Waals surface area (Å²) in [4.78, 5) is 23.7. The Morgan fingerprint density at radius 1 is 1.26 bits per heavy atom. The predicted octanol–water partition coefficient (Wildman–Crippen LogP) is 0.799. The first-order valence-corrected chi connectivity index (χ1v) is 7.40. The van der Waals surface area contributed by atoms with E-state index in [0.29, 0.717) is 19.5 Å².